The van der Waals surface area contributed by atoms with E-state index in [0.717, 1.165) is 12.0 Å². The molecular weight excluding hydrogens is 302 g/mol. The van der Waals surface area contributed by atoms with Crippen molar-refractivity contribution in [3.63, 3.8) is 0 Å². The highest BCUT2D eigenvalue weighted by molar-refractivity contribution is 5.73. The van der Waals surface area contributed by atoms with Crippen LogP contribution in [0.3, 0.4) is 0 Å². The number of aliphatic hydroxyl groups is 3. The number of benzene rings is 1. The lowest BCUT2D eigenvalue weighted by Crippen LogP contribution is -2.65. The van der Waals surface area contributed by atoms with Crippen LogP contribution < -0.4 is 10.1 Å². The van der Waals surface area contributed by atoms with Gasteiger partial charge in [-0.25, -0.2) is 0 Å². The molecule has 0 saturated carbocycles. The number of ether oxygens (including phenoxy) is 2. The number of nitrogens with one attached hydrogen (secondary N) is 1. The Morgan fingerprint density at radius 3 is 2.70 bits per heavy atom. The largest absolute Gasteiger partial charge is 0.463 e. The zero-order chi connectivity index (χ0) is 17.0. The number of rotatable bonds is 5. The predicted octanol–water partition coefficient (Wildman–Crippen LogP) is -0.429. The van der Waals surface area contributed by atoms with Crippen LogP contribution in [-0.2, 0) is 16.0 Å². The molecule has 1 saturated heterocycles. The van der Waals surface area contributed by atoms with Crippen molar-refractivity contribution in [2.45, 2.75) is 50.9 Å². The molecule has 0 bridgehead atoms. The Balaban J connectivity index is 2.21. The molecule has 0 aliphatic carbocycles. The molecule has 1 aromatic carbocycles. The van der Waals surface area contributed by atoms with Gasteiger partial charge in [-0.2, -0.15) is 0 Å². The summed E-state index contributed by atoms with van der Waals surface area (Å²) in [6.07, 6.45) is -3.82. The summed E-state index contributed by atoms with van der Waals surface area (Å²) in [7, 11) is 0. The van der Waals surface area contributed by atoms with E-state index in [-0.39, 0.29) is 5.91 Å². The van der Waals surface area contributed by atoms with E-state index < -0.39 is 37.3 Å². The van der Waals surface area contributed by atoms with Crippen molar-refractivity contribution in [3.8, 4) is 5.75 Å². The van der Waals surface area contributed by atoms with Crippen molar-refractivity contribution in [1.29, 1.82) is 0 Å². The minimum absolute atomic E-state index is 0.386. The number of carbonyl (C=O) groups excluding carboxylic acids is 1. The monoisotopic (exact) mass is 325 g/mol. The summed E-state index contributed by atoms with van der Waals surface area (Å²) in [6, 6.07) is 6.41. The van der Waals surface area contributed by atoms with Crippen LogP contribution in [0.2, 0.25) is 0 Å². The van der Waals surface area contributed by atoms with Gasteiger partial charge >= 0.3 is 0 Å². The molecule has 1 heterocycles. The summed E-state index contributed by atoms with van der Waals surface area (Å²) in [5.41, 5.74) is 1.06. The number of aryl methyl sites for hydroxylation is 1. The molecule has 0 unspecified atom stereocenters. The normalized spacial score (nSPS) is 30.7. The zero-order valence-electron chi connectivity index (χ0n) is 13.2. The van der Waals surface area contributed by atoms with Gasteiger partial charge in [0, 0.05) is 6.92 Å². The molecule has 7 heteroatoms. The second-order valence-corrected chi connectivity index (χ2v) is 5.55. The molecule has 1 fully saturated rings. The van der Waals surface area contributed by atoms with E-state index >= 15 is 0 Å². The van der Waals surface area contributed by atoms with Gasteiger partial charge in [-0.1, -0.05) is 19.1 Å². The topological polar surface area (TPSA) is 108 Å². The summed E-state index contributed by atoms with van der Waals surface area (Å²) in [5, 5.41) is 31.9. The standard InChI is InChI=1S/C16H23NO6/c1-3-10-5-4-6-11(7-10)22-16-13(17-9(2)19)15(21)14(20)12(8-18)23-16/h4-7,12-16,18,20-21H,3,8H2,1-2H3,(H,17,19)/t12-,13-,14-,15-,16-/m1/s1. The van der Waals surface area contributed by atoms with Gasteiger partial charge in [-0.3, -0.25) is 4.79 Å². The third kappa shape index (κ3) is 4.20. The smallest absolute Gasteiger partial charge is 0.223 e. The van der Waals surface area contributed by atoms with Gasteiger partial charge in [0.2, 0.25) is 12.2 Å². The lowest BCUT2D eigenvalue weighted by Gasteiger charge is -2.42. The van der Waals surface area contributed by atoms with Crippen molar-refractivity contribution < 1.29 is 29.6 Å². The van der Waals surface area contributed by atoms with Crippen molar-refractivity contribution >= 4 is 5.91 Å². The molecule has 0 radical (unpaired) electrons. The fourth-order valence-corrected chi connectivity index (χ4v) is 2.54. The van der Waals surface area contributed by atoms with Crippen LogP contribution in [-0.4, -0.2) is 58.5 Å². The third-order valence-corrected chi connectivity index (χ3v) is 3.81. The van der Waals surface area contributed by atoms with Gasteiger partial charge in [0.05, 0.1) is 6.61 Å². The van der Waals surface area contributed by atoms with E-state index in [1.165, 1.54) is 6.92 Å². The summed E-state index contributed by atoms with van der Waals surface area (Å²) in [6.45, 7) is 2.84. The highest BCUT2D eigenvalue weighted by Gasteiger charge is 2.46. The Kier molecular flexibility index (Phi) is 5.95. The van der Waals surface area contributed by atoms with Crippen molar-refractivity contribution in [2.75, 3.05) is 6.61 Å². The van der Waals surface area contributed by atoms with E-state index in [0.29, 0.717) is 5.75 Å². The molecule has 128 valence electrons. The lowest BCUT2D eigenvalue weighted by molar-refractivity contribution is -0.244. The number of hydrogen-bond donors (Lipinski definition) is 4. The van der Waals surface area contributed by atoms with E-state index in [1.807, 2.05) is 25.1 Å². The zero-order valence-corrected chi connectivity index (χ0v) is 13.2. The fourth-order valence-electron chi connectivity index (χ4n) is 2.54. The molecule has 23 heavy (non-hydrogen) atoms. The molecule has 5 atom stereocenters. The Morgan fingerprint density at radius 1 is 1.35 bits per heavy atom. The number of carbonyl (C=O) groups is 1. The Labute approximate surface area is 134 Å². The van der Waals surface area contributed by atoms with E-state index in [1.54, 1.807) is 6.07 Å². The SMILES string of the molecule is CCc1cccc(O[C@@H]2O[C@H](CO)[C@@H](O)[C@H](O)[C@H]2NC(C)=O)c1. The van der Waals surface area contributed by atoms with E-state index in [4.69, 9.17) is 9.47 Å². The molecule has 1 aliphatic heterocycles. The molecule has 1 aliphatic rings. The molecule has 1 aromatic rings. The molecule has 7 nitrogen and oxygen atoms in total. The summed E-state index contributed by atoms with van der Waals surface area (Å²) >= 11 is 0. The van der Waals surface area contributed by atoms with E-state index in [2.05, 4.69) is 5.32 Å². The van der Waals surface area contributed by atoms with Gasteiger partial charge in [0.25, 0.3) is 0 Å². The molecule has 0 aromatic heterocycles. The second-order valence-electron chi connectivity index (χ2n) is 5.55. The maximum atomic E-state index is 11.3. The van der Waals surface area contributed by atoms with Crippen LogP contribution in [0.1, 0.15) is 19.4 Å². The highest BCUT2D eigenvalue weighted by Crippen LogP contribution is 2.25. The second kappa shape index (κ2) is 7.74. The van der Waals surface area contributed by atoms with Crippen LogP contribution in [0.25, 0.3) is 0 Å². The molecule has 2 rings (SSSR count). The average Bonchev–Trinajstić information content (AvgIpc) is 2.54. The minimum Gasteiger partial charge on any atom is -0.463 e. The van der Waals surface area contributed by atoms with Crippen molar-refractivity contribution in [2.24, 2.45) is 0 Å². The van der Waals surface area contributed by atoms with Gasteiger partial charge in [0.1, 0.15) is 30.1 Å². The number of hydrogen-bond acceptors (Lipinski definition) is 6. The molecule has 0 spiro atoms. The van der Waals surface area contributed by atoms with Crippen LogP contribution in [0.15, 0.2) is 24.3 Å². The van der Waals surface area contributed by atoms with Crippen LogP contribution >= 0.6 is 0 Å². The first kappa shape index (κ1) is 17.7. The van der Waals surface area contributed by atoms with Gasteiger partial charge in [0.15, 0.2) is 0 Å². The predicted molar refractivity (Wildman–Crippen MR) is 81.8 cm³/mol. The van der Waals surface area contributed by atoms with Gasteiger partial charge in [-0.15, -0.1) is 0 Å². The Morgan fingerprint density at radius 2 is 2.09 bits per heavy atom. The molecule has 1 amide bonds. The Hall–Kier alpha value is -1.67. The van der Waals surface area contributed by atoms with Gasteiger partial charge in [-0.05, 0) is 24.1 Å². The first-order valence-corrected chi connectivity index (χ1v) is 7.61. The quantitative estimate of drug-likeness (QED) is 0.585. The maximum Gasteiger partial charge on any atom is 0.223 e. The molecular formula is C16H23NO6. The van der Waals surface area contributed by atoms with Crippen molar-refractivity contribution in [3.05, 3.63) is 29.8 Å². The summed E-state index contributed by atoms with van der Waals surface area (Å²) < 4.78 is 11.3. The average molecular weight is 325 g/mol. The Bertz CT molecular complexity index is 537. The van der Waals surface area contributed by atoms with Crippen LogP contribution in [0.5, 0.6) is 5.75 Å². The lowest BCUT2D eigenvalue weighted by atomic mass is 9.97. The van der Waals surface area contributed by atoms with Crippen LogP contribution in [0, 0.1) is 0 Å². The van der Waals surface area contributed by atoms with E-state index in [9.17, 15) is 20.1 Å². The maximum absolute atomic E-state index is 11.3. The first-order valence-electron chi connectivity index (χ1n) is 7.61. The number of aliphatic hydroxyl groups excluding tert-OH is 3. The highest BCUT2D eigenvalue weighted by atomic mass is 16.7. The minimum atomic E-state index is -1.32. The first-order chi connectivity index (χ1) is 11.0. The molecule has 4 N–H and O–H groups in total. The van der Waals surface area contributed by atoms with Crippen molar-refractivity contribution in [1.82, 2.24) is 5.32 Å². The fraction of sp³-hybridized carbons (Fsp3) is 0.562. The summed E-state index contributed by atoms with van der Waals surface area (Å²) in [5.74, 6) is 0.133. The summed E-state index contributed by atoms with van der Waals surface area (Å²) in [4.78, 5) is 11.3. The number of amides is 1. The van der Waals surface area contributed by atoms with Gasteiger partial charge < -0.3 is 30.1 Å². The van der Waals surface area contributed by atoms with Crippen LogP contribution in [0.4, 0.5) is 0 Å². The third-order valence-electron chi connectivity index (χ3n) is 3.81.